The van der Waals surface area contributed by atoms with Crippen molar-refractivity contribution in [2.24, 2.45) is 5.73 Å². The topological polar surface area (TPSA) is 103 Å². The average Bonchev–Trinajstić information content (AvgIpc) is 3.16. The van der Waals surface area contributed by atoms with Gasteiger partial charge in [-0.05, 0) is 50.1 Å². The lowest BCUT2D eigenvalue weighted by Crippen LogP contribution is -2.26. The van der Waals surface area contributed by atoms with E-state index in [-0.39, 0.29) is 23.6 Å². The van der Waals surface area contributed by atoms with Crippen LogP contribution in [-0.2, 0) is 14.3 Å². The van der Waals surface area contributed by atoms with Crippen molar-refractivity contribution in [2.75, 3.05) is 6.61 Å². The molecule has 7 nitrogen and oxygen atoms in total. The van der Waals surface area contributed by atoms with Gasteiger partial charge in [0.15, 0.2) is 0 Å². The van der Waals surface area contributed by atoms with Gasteiger partial charge >= 0.3 is 5.97 Å². The molecule has 1 aliphatic heterocycles. The van der Waals surface area contributed by atoms with Gasteiger partial charge in [0.2, 0.25) is 5.88 Å². The molecule has 1 unspecified atom stereocenters. The van der Waals surface area contributed by atoms with E-state index in [4.69, 9.17) is 15.2 Å². The van der Waals surface area contributed by atoms with Crippen molar-refractivity contribution in [3.8, 4) is 11.8 Å². The largest absolute Gasteiger partial charge is 0.463 e. The Morgan fingerprint density at radius 1 is 1.44 bits per heavy atom. The Labute approximate surface area is 157 Å². The zero-order valence-corrected chi connectivity index (χ0v) is 15.4. The molecular formula is C20H20N4O3. The first-order chi connectivity index (χ1) is 13.0. The van der Waals surface area contributed by atoms with Gasteiger partial charge in [0.1, 0.15) is 17.4 Å². The molecule has 27 heavy (non-hydrogen) atoms. The lowest BCUT2D eigenvalue weighted by molar-refractivity contribution is -0.139. The minimum absolute atomic E-state index is 0.00333. The van der Waals surface area contributed by atoms with Gasteiger partial charge in [-0.2, -0.15) is 10.4 Å². The van der Waals surface area contributed by atoms with Crippen LogP contribution in [0, 0.1) is 18.3 Å². The van der Waals surface area contributed by atoms with E-state index in [0.717, 1.165) is 16.8 Å². The second-order valence-corrected chi connectivity index (χ2v) is 6.11. The summed E-state index contributed by atoms with van der Waals surface area (Å²) in [6, 6.07) is 9.63. The molecule has 138 valence electrons. The van der Waals surface area contributed by atoms with Crippen LogP contribution in [0.4, 0.5) is 0 Å². The number of nitrogens with two attached hydrogens (primary N) is 1. The Kier molecular flexibility index (Phi) is 4.99. The predicted molar refractivity (Wildman–Crippen MR) is 98.3 cm³/mol. The zero-order chi connectivity index (χ0) is 19.6. The molecule has 1 atom stereocenters. The maximum Gasteiger partial charge on any atom is 0.338 e. The van der Waals surface area contributed by atoms with Gasteiger partial charge in [0.05, 0.1) is 23.8 Å². The van der Waals surface area contributed by atoms with Gasteiger partial charge in [0, 0.05) is 12.4 Å². The molecule has 3 rings (SSSR count). The number of allylic oxidation sites excluding steroid dienone is 2. The summed E-state index contributed by atoms with van der Waals surface area (Å²) in [6.07, 6.45) is 3.54. The summed E-state index contributed by atoms with van der Waals surface area (Å²) in [4.78, 5) is 12.6. The van der Waals surface area contributed by atoms with E-state index >= 15 is 0 Å². The molecule has 0 spiro atoms. The van der Waals surface area contributed by atoms with Gasteiger partial charge in [-0.25, -0.2) is 9.48 Å². The van der Waals surface area contributed by atoms with Crippen molar-refractivity contribution in [1.82, 2.24) is 9.78 Å². The van der Waals surface area contributed by atoms with Crippen molar-refractivity contribution in [1.29, 1.82) is 5.26 Å². The molecule has 2 aromatic rings. The van der Waals surface area contributed by atoms with Crippen molar-refractivity contribution < 1.29 is 14.3 Å². The van der Waals surface area contributed by atoms with Crippen molar-refractivity contribution in [3.05, 3.63) is 70.6 Å². The third-order valence-electron chi connectivity index (χ3n) is 4.43. The van der Waals surface area contributed by atoms with Gasteiger partial charge in [-0.3, -0.25) is 0 Å². The van der Waals surface area contributed by atoms with Crippen molar-refractivity contribution in [2.45, 2.75) is 26.7 Å². The minimum Gasteiger partial charge on any atom is -0.463 e. The summed E-state index contributed by atoms with van der Waals surface area (Å²) < 4.78 is 12.4. The molecule has 0 aliphatic carbocycles. The first-order valence-electron chi connectivity index (χ1n) is 8.54. The van der Waals surface area contributed by atoms with E-state index in [1.165, 1.54) is 0 Å². The fraction of sp³-hybridized carbons (Fsp3) is 0.250. The summed E-state index contributed by atoms with van der Waals surface area (Å²) in [6.45, 7) is 5.52. The standard InChI is InChI=1S/C20H20N4O3/c1-4-26-20(25)17-13(3)27-19(22)16(11-21)18(17)15-7-6-14(10-12(15)2)24-9-5-8-23-24/h5-10,18H,4,22H2,1-3H3. The number of carbonyl (C=O) groups excluding carboxylic acids is 1. The maximum atomic E-state index is 12.6. The molecule has 0 fully saturated rings. The minimum atomic E-state index is -0.644. The van der Waals surface area contributed by atoms with Crippen LogP contribution in [0.15, 0.2) is 59.4 Å². The molecule has 1 aromatic carbocycles. The van der Waals surface area contributed by atoms with Crippen LogP contribution in [0.25, 0.3) is 5.69 Å². The van der Waals surface area contributed by atoms with Gasteiger partial charge in [-0.15, -0.1) is 0 Å². The SMILES string of the molecule is CCOC(=O)C1=C(C)OC(N)=C(C#N)C1c1ccc(-n2cccn2)cc1C. The summed E-state index contributed by atoms with van der Waals surface area (Å²) in [5.41, 5.74) is 8.98. The van der Waals surface area contributed by atoms with Crippen LogP contribution in [0.3, 0.4) is 0 Å². The smallest absolute Gasteiger partial charge is 0.338 e. The Hall–Kier alpha value is -3.53. The molecule has 7 heteroatoms. The summed E-state index contributed by atoms with van der Waals surface area (Å²) in [5, 5.41) is 13.9. The molecule has 1 aromatic heterocycles. The molecule has 0 saturated carbocycles. The molecule has 0 amide bonds. The first-order valence-corrected chi connectivity index (χ1v) is 8.54. The number of carbonyl (C=O) groups is 1. The number of nitriles is 1. The van der Waals surface area contributed by atoms with Gasteiger partial charge in [-0.1, -0.05) is 6.07 Å². The monoisotopic (exact) mass is 364 g/mol. The second kappa shape index (κ2) is 7.38. The molecule has 1 aliphatic rings. The third-order valence-corrected chi connectivity index (χ3v) is 4.43. The van der Waals surface area contributed by atoms with E-state index < -0.39 is 11.9 Å². The lowest BCUT2D eigenvalue weighted by Gasteiger charge is -2.28. The number of nitrogens with zero attached hydrogens (tertiary/aromatic N) is 3. The summed E-state index contributed by atoms with van der Waals surface area (Å²) in [5.74, 6) is -0.820. The number of hydrogen-bond acceptors (Lipinski definition) is 6. The van der Waals surface area contributed by atoms with E-state index in [0.29, 0.717) is 5.76 Å². The number of hydrogen-bond donors (Lipinski definition) is 1. The number of ether oxygens (including phenoxy) is 2. The second-order valence-electron chi connectivity index (χ2n) is 6.11. The Bertz CT molecular complexity index is 981. The van der Waals surface area contributed by atoms with Crippen LogP contribution < -0.4 is 5.73 Å². The van der Waals surface area contributed by atoms with E-state index in [9.17, 15) is 10.1 Å². The highest BCUT2D eigenvalue weighted by Crippen LogP contribution is 2.41. The van der Waals surface area contributed by atoms with Gasteiger partial charge < -0.3 is 15.2 Å². The van der Waals surface area contributed by atoms with Crippen LogP contribution >= 0.6 is 0 Å². The number of aryl methyl sites for hydroxylation is 1. The molecule has 2 heterocycles. The van der Waals surface area contributed by atoms with Crippen LogP contribution in [-0.4, -0.2) is 22.4 Å². The van der Waals surface area contributed by atoms with E-state index in [1.54, 1.807) is 24.7 Å². The first kappa shape index (κ1) is 18.3. The maximum absolute atomic E-state index is 12.6. The molecule has 0 radical (unpaired) electrons. The molecular weight excluding hydrogens is 344 g/mol. The number of rotatable bonds is 4. The summed E-state index contributed by atoms with van der Waals surface area (Å²) in [7, 11) is 0. The molecule has 2 N–H and O–H groups in total. The average molecular weight is 364 g/mol. The normalized spacial score (nSPS) is 16.7. The lowest BCUT2D eigenvalue weighted by atomic mass is 9.81. The van der Waals surface area contributed by atoms with Crippen molar-refractivity contribution in [3.63, 3.8) is 0 Å². The number of benzene rings is 1. The van der Waals surface area contributed by atoms with Crippen LogP contribution in [0.1, 0.15) is 30.9 Å². The third kappa shape index (κ3) is 3.29. The molecule has 0 saturated heterocycles. The van der Waals surface area contributed by atoms with Crippen molar-refractivity contribution >= 4 is 5.97 Å². The predicted octanol–water partition coefficient (Wildman–Crippen LogP) is 2.83. The summed E-state index contributed by atoms with van der Waals surface area (Å²) >= 11 is 0. The van der Waals surface area contributed by atoms with E-state index in [1.807, 2.05) is 37.4 Å². The zero-order valence-electron chi connectivity index (χ0n) is 15.4. The quantitative estimate of drug-likeness (QED) is 0.837. The molecule has 0 bridgehead atoms. The highest BCUT2D eigenvalue weighted by Gasteiger charge is 2.37. The Morgan fingerprint density at radius 2 is 2.22 bits per heavy atom. The number of aromatic nitrogens is 2. The van der Waals surface area contributed by atoms with E-state index in [2.05, 4.69) is 11.2 Å². The van der Waals surface area contributed by atoms with Crippen LogP contribution in [0.2, 0.25) is 0 Å². The Balaban J connectivity index is 2.14. The Morgan fingerprint density at radius 3 is 2.81 bits per heavy atom. The fourth-order valence-electron chi connectivity index (χ4n) is 3.21. The number of esters is 1. The van der Waals surface area contributed by atoms with Gasteiger partial charge in [0.25, 0.3) is 0 Å². The fourth-order valence-corrected chi connectivity index (χ4v) is 3.21. The highest BCUT2D eigenvalue weighted by atomic mass is 16.5. The highest BCUT2D eigenvalue weighted by molar-refractivity contribution is 5.92. The van der Waals surface area contributed by atoms with Crippen LogP contribution in [0.5, 0.6) is 0 Å².